The van der Waals surface area contributed by atoms with Crippen LogP contribution in [0, 0.1) is 0 Å². The number of hydrogen-bond acceptors (Lipinski definition) is 2. The predicted octanol–water partition coefficient (Wildman–Crippen LogP) is 14.5. The number of rotatable bonds is 6. The molecule has 0 amide bonds. The van der Waals surface area contributed by atoms with Crippen molar-refractivity contribution >= 4 is 49.8 Å². The third-order valence-electron chi connectivity index (χ3n) is 10.3. The van der Waals surface area contributed by atoms with E-state index in [2.05, 4.69) is 196 Å². The molecule has 0 bridgehead atoms. The lowest BCUT2D eigenvalue weighted by Gasteiger charge is -2.29. The number of hydrogen-bond donors (Lipinski definition) is 0. The van der Waals surface area contributed by atoms with E-state index >= 15 is 0 Å². The highest BCUT2D eigenvalue weighted by Crippen LogP contribution is 2.45. The van der Waals surface area contributed by atoms with Crippen molar-refractivity contribution in [1.29, 1.82) is 0 Å². The summed E-state index contributed by atoms with van der Waals surface area (Å²) in [5.41, 5.74) is 13.6. The first-order chi connectivity index (χ1) is 25.4. The summed E-state index contributed by atoms with van der Waals surface area (Å²) in [5, 5.41) is 4.76. The molecule has 0 radical (unpaired) electrons. The third kappa shape index (κ3) is 5.54. The molecule has 0 atom stereocenters. The molecule has 0 fully saturated rings. The maximum absolute atomic E-state index is 6.24. The standard InChI is InChI=1S/C50H39NO/c1-50(2,3)37-28-32-39(33-29-37)51(38-30-26-35(27-31-38)41-21-13-25-47-49(41)44-19-8-10-24-46(44)52-47)45-23-9-7-18-42(45)43-22-12-17-36-16-11-20-40(48(36)43)34-14-5-4-6-15-34/h4-33H,1-3H3. The number of para-hydroxylation sites is 2. The molecule has 1 heterocycles. The largest absolute Gasteiger partial charge is 0.456 e. The van der Waals surface area contributed by atoms with Crippen LogP contribution < -0.4 is 4.90 Å². The van der Waals surface area contributed by atoms with Crippen molar-refractivity contribution in [1.82, 2.24) is 0 Å². The Kier molecular flexibility index (Phi) is 7.74. The van der Waals surface area contributed by atoms with Crippen molar-refractivity contribution in [2.24, 2.45) is 0 Å². The number of fused-ring (bicyclic) bond motifs is 4. The normalized spacial score (nSPS) is 11.8. The molecular weight excluding hydrogens is 631 g/mol. The highest BCUT2D eigenvalue weighted by molar-refractivity contribution is 6.12. The van der Waals surface area contributed by atoms with Gasteiger partial charge in [0.05, 0.1) is 5.69 Å². The Morgan fingerprint density at radius 3 is 1.67 bits per heavy atom. The average molecular weight is 670 g/mol. The van der Waals surface area contributed by atoms with Crippen molar-refractivity contribution in [3.8, 4) is 33.4 Å². The lowest BCUT2D eigenvalue weighted by molar-refractivity contribution is 0.590. The zero-order valence-corrected chi connectivity index (χ0v) is 29.7. The van der Waals surface area contributed by atoms with Gasteiger partial charge in [-0.2, -0.15) is 0 Å². The summed E-state index contributed by atoms with van der Waals surface area (Å²) in [5.74, 6) is 0. The Balaban J connectivity index is 1.23. The first kappa shape index (κ1) is 31.6. The lowest BCUT2D eigenvalue weighted by Crippen LogP contribution is -2.13. The maximum atomic E-state index is 6.24. The molecule has 0 aliphatic heterocycles. The van der Waals surface area contributed by atoms with Gasteiger partial charge in [0, 0.05) is 27.7 Å². The topological polar surface area (TPSA) is 16.4 Å². The second-order valence-corrected chi connectivity index (χ2v) is 14.5. The van der Waals surface area contributed by atoms with E-state index in [-0.39, 0.29) is 5.41 Å². The van der Waals surface area contributed by atoms with Crippen LogP contribution >= 0.6 is 0 Å². The second-order valence-electron chi connectivity index (χ2n) is 14.5. The summed E-state index contributed by atoms with van der Waals surface area (Å²) in [7, 11) is 0. The van der Waals surface area contributed by atoms with Gasteiger partial charge in [-0.1, -0.05) is 160 Å². The van der Waals surface area contributed by atoms with Crippen LogP contribution in [0.1, 0.15) is 26.3 Å². The summed E-state index contributed by atoms with van der Waals surface area (Å²) in [6.07, 6.45) is 0. The molecule has 8 aromatic carbocycles. The first-order valence-electron chi connectivity index (χ1n) is 18.0. The highest BCUT2D eigenvalue weighted by Gasteiger charge is 2.21. The average Bonchev–Trinajstić information content (AvgIpc) is 3.57. The van der Waals surface area contributed by atoms with Crippen LogP contribution in [0.15, 0.2) is 186 Å². The summed E-state index contributed by atoms with van der Waals surface area (Å²) in [6.45, 7) is 6.80. The zero-order chi connectivity index (χ0) is 35.2. The van der Waals surface area contributed by atoms with Crippen LogP contribution in [0.2, 0.25) is 0 Å². The second kappa shape index (κ2) is 12.7. The van der Waals surface area contributed by atoms with E-state index in [0.717, 1.165) is 44.6 Å². The number of benzene rings is 8. The molecule has 2 heteroatoms. The highest BCUT2D eigenvalue weighted by atomic mass is 16.3. The van der Waals surface area contributed by atoms with E-state index in [1.54, 1.807) is 0 Å². The van der Waals surface area contributed by atoms with E-state index in [4.69, 9.17) is 4.42 Å². The first-order valence-corrected chi connectivity index (χ1v) is 18.0. The SMILES string of the molecule is CC(C)(C)c1ccc(N(c2ccc(-c3cccc4oc5ccccc5c34)cc2)c2ccccc2-c2cccc3cccc(-c4ccccc4)c23)cc1. The van der Waals surface area contributed by atoms with Gasteiger partial charge in [-0.15, -0.1) is 0 Å². The minimum Gasteiger partial charge on any atom is -0.456 e. The molecule has 0 aliphatic rings. The molecule has 0 N–H and O–H groups in total. The van der Waals surface area contributed by atoms with E-state index in [1.807, 2.05) is 12.1 Å². The fraction of sp³-hybridized carbons (Fsp3) is 0.0800. The molecule has 52 heavy (non-hydrogen) atoms. The Labute approximate surface area is 305 Å². The van der Waals surface area contributed by atoms with E-state index in [1.165, 1.54) is 44.2 Å². The van der Waals surface area contributed by atoms with E-state index < -0.39 is 0 Å². The summed E-state index contributed by atoms with van der Waals surface area (Å²) in [6, 6.07) is 65.6. The quantitative estimate of drug-likeness (QED) is 0.175. The predicted molar refractivity (Wildman–Crippen MR) is 221 cm³/mol. The van der Waals surface area contributed by atoms with Gasteiger partial charge in [-0.3, -0.25) is 0 Å². The zero-order valence-electron chi connectivity index (χ0n) is 29.7. The van der Waals surface area contributed by atoms with Crippen molar-refractivity contribution in [2.45, 2.75) is 26.2 Å². The molecule has 0 spiro atoms. The van der Waals surface area contributed by atoms with Gasteiger partial charge in [-0.25, -0.2) is 0 Å². The van der Waals surface area contributed by atoms with Gasteiger partial charge in [0.1, 0.15) is 11.2 Å². The van der Waals surface area contributed by atoms with Crippen molar-refractivity contribution < 1.29 is 4.42 Å². The van der Waals surface area contributed by atoms with Crippen molar-refractivity contribution in [2.75, 3.05) is 4.90 Å². The van der Waals surface area contributed by atoms with Crippen LogP contribution in [0.25, 0.3) is 66.1 Å². The molecule has 0 aliphatic carbocycles. The summed E-state index contributed by atoms with van der Waals surface area (Å²) in [4.78, 5) is 2.41. The maximum Gasteiger partial charge on any atom is 0.136 e. The Bertz CT molecular complexity index is 2690. The molecule has 2 nitrogen and oxygen atoms in total. The van der Waals surface area contributed by atoms with Crippen LogP contribution in [0.4, 0.5) is 17.1 Å². The summed E-state index contributed by atoms with van der Waals surface area (Å²) >= 11 is 0. The Hall–Kier alpha value is -6.38. The number of furan rings is 1. The smallest absolute Gasteiger partial charge is 0.136 e. The Morgan fingerprint density at radius 1 is 0.404 bits per heavy atom. The molecule has 0 unspecified atom stereocenters. The van der Waals surface area contributed by atoms with Gasteiger partial charge in [0.2, 0.25) is 0 Å². The van der Waals surface area contributed by atoms with Gasteiger partial charge in [-0.05, 0) is 92.0 Å². The molecule has 9 aromatic rings. The van der Waals surface area contributed by atoms with E-state index in [0.29, 0.717) is 0 Å². The molecule has 0 saturated carbocycles. The van der Waals surface area contributed by atoms with E-state index in [9.17, 15) is 0 Å². The van der Waals surface area contributed by atoms with Gasteiger partial charge < -0.3 is 9.32 Å². The molecule has 1 aromatic heterocycles. The molecular formula is C50H39NO. The van der Waals surface area contributed by atoms with Crippen molar-refractivity contribution in [3.63, 3.8) is 0 Å². The minimum atomic E-state index is 0.0536. The summed E-state index contributed by atoms with van der Waals surface area (Å²) < 4.78 is 6.24. The fourth-order valence-electron chi connectivity index (χ4n) is 7.66. The molecule has 250 valence electrons. The monoisotopic (exact) mass is 669 g/mol. The number of nitrogens with zero attached hydrogens (tertiary/aromatic N) is 1. The van der Waals surface area contributed by atoms with Crippen LogP contribution in [0.5, 0.6) is 0 Å². The van der Waals surface area contributed by atoms with Crippen LogP contribution in [-0.2, 0) is 5.41 Å². The molecule has 9 rings (SSSR count). The molecule has 0 saturated heterocycles. The third-order valence-corrected chi connectivity index (χ3v) is 10.3. The van der Waals surface area contributed by atoms with Crippen LogP contribution in [-0.4, -0.2) is 0 Å². The minimum absolute atomic E-state index is 0.0536. The van der Waals surface area contributed by atoms with Gasteiger partial charge in [0.15, 0.2) is 0 Å². The van der Waals surface area contributed by atoms with Crippen LogP contribution in [0.3, 0.4) is 0 Å². The van der Waals surface area contributed by atoms with Gasteiger partial charge in [0.25, 0.3) is 0 Å². The van der Waals surface area contributed by atoms with Gasteiger partial charge >= 0.3 is 0 Å². The Morgan fingerprint density at radius 2 is 0.942 bits per heavy atom. The lowest BCUT2D eigenvalue weighted by atomic mass is 9.87. The fourth-order valence-corrected chi connectivity index (χ4v) is 7.66. The van der Waals surface area contributed by atoms with Crippen molar-refractivity contribution in [3.05, 3.63) is 188 Å². The number of anilines is 3.